The molecule has 1 rings (SSSR count). The average molecular weight is 212 g/mol. The first-order valence-electron chi connectivity index (χ1n) is 5.19. The van der Waals surface area contributed by atoms with Crippen molar-refractivity contribution in [3.63, 3.8) is 0 Å². The summed E-state index contributed by atoms with van der Waals surface area (Å²) < 4.78 is 0. The molecule has 0 saturated carbocycles. The van der Waals surface area contributed by atoms with E-state index in [1.165, 1.54) is 5.56 Å². The standard InChI is InChI=1S/C14H16N2/c1-4-5-6-7-13(3)15-16-14-10-8-12(2)9-11-14/h4-11H,3H2,1-2H3/b5-4-,7-6-,16-15?. The van der Waals surface area contributed by atoms with Crippen LogP contribution in [0.1, 0.15) is 12.5 Å². The van der Waals surface area contributed by atoms with E-state index in [9.17, 15) is 0 Å². The minimum Gasteiger partial charge on any atom is -0.151 e. The molecule has 0 aliphatic rings. The molecule has 0 aromatic heterocycles. The SMILES string of the molecule is C=C(/C=C\C=C/C)N=Nc1ccc(C)cc1. The predicted octanol–water partition coefficient (Wildman–Crippen LogP) is 4.72. The van der Waals surface area contributed by atoms with Crippen molar-refractivity contribution >= 4 is 5.69 Å². The number of aryl methyl sites for hydroxylation is 1. The molecule has 0 aliphatic heterocycles. The van der Waals surface area contributed by atoms with Crippen LogP contribution in [0.5, 0.6) is 0 Å². The lowest BCUT2D eigenvalue weighted by molar-refractivity contribution is 1.18. The van der Waals surface area contributed by atoms with Crippen molar-refractivity contribution in [2.24, 2.45) is 10.2 Å². The van der Waals surface area contributed by atoms with Gasteiger partial charge in [0.15, 0.2) is 0 Å². The van der Waals surface area contributed by atoms with E-state index < -0.39 is 0 Å². The molecular weight excluding hydrogens is 196 g/mol. The van der Waals surface area contributed by atoms with Crippen molar-refractivity contribution in [1.82, 2.24) is 0 Å². The molecule has 0 aliphatic carbocycles. The molecule has 1 aromatic rings. The van der Waals surface area contributed by atoms with Gasteiger partial charge >= 0.3 is 0 Å². The third-order valence-corrected chi connectivity index (χ3v) is 1.92. The Kier molecular flexibility index (Phi) is 4.93. The van der Waals surface area contributed by atoms with Gasteiger partial charge in [-0.3, -0.25) is 0 Å². The molecule has 0 heterocycles. The molecule has 2 nitrogen and oxygen atoms in total. The van der Waals surface area contributed by atoms with Gasteiger partial charge in [-0.05, 0) is 32.1 Å². The summed E-state index contributed by atoms with van der Waals surface area (Å²) in [6.45, 7) is 7.78. The number of allylic oxidation sites excluding steroid dienone is 4. The summed E-state index contributed by atoms with van der Waals surface area (Å²) in [4.78, 5) is 0. The summed E-state index contributed by atoms with van der Waals surface area (Å²) in [6, 6.07) is 7.88. The smallest absolute Gasteiger partial charge is 0.0857 e. The van der Waals surface area contributed by atoms with E-state index >= 15 is 0 Å². The maximum atomic E-state index is 4.08. The van der Waals surface area contributed by atoms with Gasteiger partial charge in [0.25, 0.3) is 0 Å². The molecule has 0 amide bonds. The molecule has 0 fully saturated rings. The Hall–Kier alpha value is -1.96. The Labute approximate surface area is 96.7 Å². The number of nitrogens with zero attached hydrogens (tertiary/aromatic N) is 2. The Bertz CT molecular complexity index is 423. The van der Waals surface area contributed by atoms with Crippen LogP contribution in [0.4, 0.5) is 5.69 Å². The summed E-state index contributed by atoms with van der Waals surface area (Å²) in [5.74, 6) is 0. The minimum absolute atomic E-state index is 0.638. The van der Waals surface area contributed by atoms with Crippen molar-refractivity contribution in [1.29, 1.82) is 0 Å². The highest BCUT2D eigenvalue weighted by molar-refractivity contribution is 5.38. The van der Waals surface area contributed by atoms with Crippen molar-refractivity contribution in [2.75, 3.05) is 0 Å². The van der Waals surface area contributed by atoms with E-state index in [0.717, 1.165) is 5.69 Å². The summed E-state index contributed by atoms with van der Waals surface area (Å²) in [5.41, 5.74) is 2.69. The van der Waals surface area contributed by atoms with Gasteiger partial charge in [-0.2, -0.15) is 10.2 Å². The third kappa shape index (κ3) is 4.51. The molecule has 1 aromatic carbocycles. The van der Waals surface area contributed by atoms with Crippen LogP contribution in [0, 0.1) is 6.92 Å². The lowest BCUT2D eigenvalue weighted by atomic mass is 10.2. The molecule has 82 valence electrons. The van der Waals surface area contributed by atoms with Crippen LogP contribution >= 0.6 is 0 Å². The zero-order valence-corrected chi connectivity index (χ0v) is 9.72. The largest absolute Gasteiger partial charge is 0.151 e. The molecule has 0 N–H and O–H groups in total. The number of hydrogen-bond acceptors (Lipinski definition) is 2. The summed E-state index contributed by atoms with van der Waals surface area (Å²) in [7, 11) is 0. The fourth-order valence-electron chi connectivity index (χ4n) is 1.04. The van der Waals surface area contributed by atoms with Gasteiger partial charge in [0.1, 0.15) is 0 Å². The lowest BCUT2D eigenvalue weighted by Crippen LogP contribution is -1.69. The fourth-order valence-corrected chi connectivity index (χ4v) is 1.04. The average Bonchev–Trinajstić information content (AvgIpc) is 2.29. The maximum absolute atomic E-state index is 4.08. The second-order valence-corrected chi connectivity index (χ2v) is 3.41. The van der Waals surface area contributed by atoms with Gasteiger partial charge < -0.3 is 0 Å². The highest BCUT2D eigenvalue weighted by Crippen LogP contribution is 2.14. The number of benzene rings is 1. The van der Waals surface area contributed by atoms with Gasteiger partial charge in [0.05, 0.1) is 11.4 Å². The van der Waals surface area contributed by atoms with Crippen molar-refractivity contribution in [3.8, 4) is 0 Å². The fraction of sp³-hybridized carbons (Fsp3) is 0.143. The molecule has 0 radical (unpaired) electrons. The molecule has 2 heteroatoms. The van der Waals surface area contributed by atoms with Crippen LogP contribution in [0.25, 0.3) is 0 Å². The second kappa shape index (κ2) is 6.51. The summed E-state index contributed by atoms with van der Waals surface area (Å²) in [6.07, 6.45) is 7.57. The monoisotopic (exact) mass is 212 g/mol. The van der Waals surface area contributed by atoms with Crippen LogP contribution in [-0.4, -0.2) is 0 Å². The van der Waals surface area contributed by atoms with E-state index in [1.807, 2.05) is 62.4 Å². The first-order chi connectivity index (χ1) is 7.72. The first-order valence-corrected chi connectivity index (χ1v) is 5.19. The lowest BCUT2D eigenvalue weighted by Gasteiger charge is -1.93. The van der Waals surface area contributed by atoms with E-state index in [4.69, 9.17) is 0 Å². The van der Waals surface area contributed by atoms with Crippen LogP contribution in [-0.2, 0) is 0 Å². The second-order valence-electron chi connectivity index (χ2n) is 3.41. The molecule has 0 unspecified atom stereocenters. The van der Waals surface area contributed by atoms with Gasteiger partial charge in [0.2, 0.25) is 0 Å². The molecule has 16 heavy (non-hydrogen) atoms. The molecule has 0 atom stereocenters. The highest BCUT2D eigenvalue weighted by Gasteiger charge is 1.88. The first kappa shape index (κ1) is 12.1. The van der Waals surface area contributed by atoms with Gasteiger partial charge in [0, 0.05) is 0 Å². The zero-order valence-electron chi connectivity index (χ0n) is 9.72. The number of hydrogen-bond donors (Lipinski definition) is 0. The normalized spacial score (nSPS) is 11.9. The summed E-state index contributed by atoms with van der Waals surface area (Å²) in [5, 5.41) is 8.08. The van der Waals surface area contributed by atoms with Crippen molar-refractivity contribution < 1.29 is 0 Å². The topological polar surface area (TPSA) is 24.7 Å². The highest BCUT2D eigenvalue weighted by atomic mass is 15.1. The zero-order chi connectivity index (χ0) is 11.8. The van der Waals surface area contributed by atoms with Crippen LogP contribution in [0.15, 0.2) is 71.1 Å². The molecule has 0 bridgehead atoms. The Morgan fingerprint density at radius 1 is 1.19 bits per heavy atom. The Morgan fingerprint density at radius 2 is 1.88 bits per heavy atom. The molecular formula is C14H16N2. The van der Waals surface area contributed by atoms with E-state index in [-0.39, 0.29) is 0 Å². The Morgan fingerprint density at radius 3 is 2.50 bits per heavy atom. The van der Waals surface area contributed by atoms with E-state index in [1.54, 1.807) is 0 Å². The van der Waals surface area contributed by atoms with Crippen LogP contribution < -0.4 is 0 Å². The van der Waals surface area contributed by atoms with Gasteiger partial charge in [-0.15, -0.1) is 0 Å². The predicted molar refractivity (Wildman–Crippen MR) is 68.8 cm³/mol. The van der Waals surface area contributed by atoms with Crippen LogP contribution in [0.2, 0.25) is 0 Å². The van der Waals surface area contributed by atoms with E-state index in [0.29, 0.717) is 5.70 Å². The van der Waals surface area contributed by atoms with Crippen molar-refractivity contribution in [2.45, 2.75) is 13.8 Å². The molecule has 0 spiro atoms. The Balaban J connectivity index is 2.60. The number of azo groups is 1. The minimum atomic E-state index is 0.638. The molecule has 0 saturated heterocycles. The maximum Gasteiger partial charge on any atom is 0.0857 e. The number of rotatable bonds is 4. The van der Waals surface area contributed by atoms with Crippen molar-refractivity contribution in [3.05, 3.63) is 66.4 Å². The third-order valence-electron chi connectivity index (χ3n) is 1.92. The van der Waals surface area contributed by atoms with Gasteiger partial charge in [-0.1, -0.05) is 42.5 Å². The van der Waals surface area contributed by atoms with Crippen LogP contribution in [0.3, 0.4) is 0 Å². The van der Waals surface area contributed by atoms with Gasteiger partial charge in [-0.25, -0.2) is 0 Å². The van der Waals surface area contributed by atoms with E-state index in [2.05, 4.69) is 16.8 Å². The quantitative estimate of drug-likeness (QED) is 0.509. The summed E-state index contributed by atoms with van der Waals surface area (Å²) >= 11 is 0.